The zero-order valence-electron chi connectivity index (χ0n) is 20.0. The summed E-state index contributed by atoms with van der Waals surface area (Å²) in [5, 5.41) is 0. The van der Waals surface area contributed by atoms with Gasteiger partial charge >= 0.3 is 8.80 Å². The van der Waals surface area contributed by atoms with Crippen LogP contribution in [0.4, 0.5) is 0 Å². The Morgan fingerprint density at radius 2 is 0.857 bits per heavy atom. The smallest absolute Gasteiger partial charge is 0.374 e. The molecule has 7 heteroatoms. The molecule has 0 unspecified atom stereocenters. The summed E-state index contributed by atoms with van der Waals surface area (Å²) < 4.78 is 18.1. The third-order valence-electron chi connectivity index (χ3n) is 5.30. The summed E-state index contributed by atoms with van der Waals surface area (Å²) in [7, 11) is -2.53. The van der Waals surface area contributed by atoms with Gasteiger partial charge < -0.3 is 28.0 Å². The second kappa shape index (κ2) is 17.8. The van der Waals surface area contributed by atoms with Crippen LogP contribution in [0.2, 0.25) is 6.04 Å². The van der Waals surface area contributed by atoms with Crippen molar-refractivity contribution in [1.82, 2.24) is 14.7 Å². The van der Waals surface area contributed by atoms with Crippen LogP contribution in [0.1, 0.15) is 54.9 Å². The van der Waals surface area contributed by atoms with E-state index in [2.05, 4.69) is 42.4 Å². The molecule has 0 aliphatic heterocycles. The highest BCUT2D eigenvalue weighted by atomic mass is 28.4. The van der Waals surface area contributed by atoms with Crippen molar-refractivity contribution < 1.29 is 13.3 Å². The van der Waals surface area contributed by atoms with Gasteiger partial charge in [-0.2, -0.15) is 0 Å². The van der Waals surface area contributed by atoms with E-state index in [9.17, 15) is 0 Å². The fraction of sp³-hybridized carbons (Fsp3) is 1.00. The molecule has 0 aromatic heterocycles. The monoisotopic (exact) mass is 419 g/mol. The van der Waals surface area contributed by atoms with Crippen molar-refractivity contribution in [3.8, 4) is 0 Å². The average molecular weight is 420 g/mol. The van der Waals surface area contributed by atoms with Crippen LogP contribution >= 0.6 is 0 Å². The molecule has 6 nitrogen and oxygen atoms in total. The van der Waals surface area contributed by atoms with E-state index in [1.165, 1.54) is 0 Å². The van der Waals surface area contributed by atoms with E-state index in [4.69, 9.17) is 13.3 Å². The van der Waals surface area contributed by atoms with Gasteiger partial charge in [0.2, 0.25) is 0 Å². The summed E-state index contributed by atoms with van der Waals surface area (Å²) in [5.74, 6) is 0. The van der Waals surface area contributed by atoms with Crippen LogP contribution in [0.25, 0.3) is 0 Å². The van der Waals surface area contributed by atoms with Crippen molar-refractivity contribution in [2.24, 2.45) is 0 Å². The molecule has 0 heterocycles. The lowest BCUT2D eigenvalue weighted by Gasteiger charge is -2.31. The van der Waals surface area contributed by atoms with Crippen LogP contribution in [0.3, 0.4) is 0 Å². The fourth-order valence-electron chi connectivity index (χ4n) is 3.50. The lowest BCUT2D eigenvalue weighted by atomic mass is 10.3. The molecule has 0 fully saturated rings. The first-order valence-electron chi connectivity index (χ1n) is 11.6. The zero-order valence-corrected chi connectivity index (χ0v) is 21.0. The molecule has 0 radical (unpaired) electrons. The van der Waals surface area contributed by atoms with Crippen molar-refractivity contribution in [1.29, 1.82) is 0 Å². The Morgan fingerprint density at radius 1 is 0.500 bits per heavy atom. The fourth-order valence-corrected chi connectivity index (χ4v) is 6.09. The molecule has 0 saturated heterocycles. The van der Waals surface area contributed by atoms with Crippen LogP contribution in [0.5, 0.6) is 0 Å². The topological polar surface area (TPSA) is 37.4 Å². The van der Waals surface area contributed by atoms with Gasteiger partial charge in [0.25, 0.3) is 0 Å². The van der Waals surface area contributed by atoms with Gasteiger partial charge in [-0.25, -0.2) is 0 Å². The maximum absolute atomic E-state index is 6.02. The summed E-state index contributed by atoms with van der Waals surface area (Å²) in [4.78, 5) is 7.62. The van der Waals surface area contributed by atoms with Gasteiger partial charge in [-0.1, -0.05) is 27.7 Å². The highest BCUT2D eigenvalue weighted by Crippen LogP contribution is 2.18. The second-order valence-corrected chi connectivity index (χ2v) is 9.71. The molecular weight excluding hydrogens is 370 g/mol. The summed E-state index contributed by atoms with van der Waals surface area (Å²) in [6.45, 7) is 27.1. The van der Waals surface area contributed by atoms with Gasteiger partial charge in [0.15, 0.2) is 0 Å². The summed E-state index contributed by atoms with van der Waals surface area (Å²) in [6.07, 6.45) is 1.06. The highest BCUT2D eigenvalue weighted by molar-refractivity contribution is 6.60. The Balaban J connectivity index is 4.78. The van der Waals surface area contributed by atoms with Crippen LogP contribution in [0, 0.1) is 0 Å². The number of hydrogen-bond donors (Lipinski definition) is 0. The number of rotatable bonds is 20. The van der Waals surface area contributed by atoms with Crippen molar-refractivity contribution >= 4 is 8.80 Å². The molecule has 0 spiro atoms. The second-order valence-electron chi connectivity index (χ2n) is 6.98. The predicted octanol–water partition coefficient (Wildman–Crippen LogP) is 3.41. The molecule has 0 aromatic carbocycles. The van der Waals surface area contributed by atoms with Crippen LogP contribution < -0.4 is 0 Å². The molecule has 170 valence electrons. The minimum Gasteiger partial charge on any atom is -0.374 e. The Labute approximate surface area is 176 Å². The van der Waals surface area contributed by atoms with E-state index >= 15 is 0 Å². The quantitative estimate of drug-likeness (QED) is 0.282. The normalized spacial score (nSPS) is 12.6. The standard InChI is InChI=1S/C21H49N3O3Si/c1-8-22(9-2)17-19-24(20-18-23(10-3)11-4)16-15-21-28(25-12-5,26-13-6)27-14-7/h8-21H2,1-7H3. The third kappa shape index (κ3) is 11.9. The SMILES string of the molecule is CCO[Si](CCCN(CCN(CC)CC)CCN(CC)CC)(OCC)OCC. The summed E-state index contributed by atoms with van der Waals surface area (Å²) in [6, 6.07) is 0.898. The Kier molecular flexibility index (Phi) is 17.8. The van der Waals surface area contributed by atoms with E-state index < -0.39 is 8.80 Å². The van der Waals surface area contributed by atoms with Gasteiger partial charge in [-0.3, -0.25) is 0 Å². The van der Waals surface area contributed by atoms with Gasteiger partial charge in [0, 0.05) is 52.0 Å². The first-order chi connectivity index (χ1) is 13.5. The Bertz CT molecular complexity index is 310. The van der Waals surface area contributed by atoms with Crippen LogP contribution in [0.15, 0.2) is 0 Å². The number of nitrogens with zero attached hydrogens (tertiary/aromatic N) is 3. The molecule has 0 aliphatic rings. The molecule has 0 rings (SSSR count). The summed E-state index contributed by atoms with van der Waals surface area (Å²) >= 11 is 0. The molecule has 0 amide bonds. The van der Waals surface area contributed by atoms with Crippen LogP contribution in [-0.2, 0) is 13.3 Å². The molecule has 0 bridgehead atoms. The van der Waals surface area contributed by atoms with Gasteiger partial charge in [0.1, 0.15) is 0 Å². The maximum atomic E-state index is 6.02. The van der Waals surface area contributed by atoms with Gasteiger partial charge in [-0.15, -0.1) is 0 Å². The number of hydrogen-bond acceptors (Lipinski definition) is 6. The van der Waals surface area contributed by atoms with Crippen molar-refractivity contribution in [3.05, 3.63) is 0 Å². The Hall–Kier alpha value is -0.0231. The van der Waals surface area contributed by atoms with E-state index in [1.807, 2.05) is 20.8 Å². The molecule has 0 aliphatic carbocycles. The molecule has 0 atom stereocenters. The van der Waals surface area contributed by atoms with Gasteiger partial charge in [0.05, 0.1) is 0 Å². The minimum atomic E-state index is -2.53. The van der Waals surface area contributed by atoms with Crippen molar-refractivity contribution in [3.63, 3.8) is 0 Å². The van der Waals surface area contributed by atoms with E-state index in [-0.39, 0.29) is 0 Å². The van der Waals surface area contributed by atoms with Crippen molar-refractivity contribution in [2.45, 2.75) is 60.9 Å². The van der Waals surface area contributed by atoms with Gasteiger partial charge in [-0.05, 0) is 59.9 Å². The first-order valence-corrected chi connectivity index (χ1v) is 13.6. The molecule has 0 N–H and O–H groups in total. The van der Waals surface area contributed by atoms with Crippen LogP contribution in [-0.4, -0.2) is 102 Å². The maximum Gasteiger partial charge on any atom is 0.500 e. The lowest BCUT2D eigenvalue weighted by Crippen LogP contribution is -2.47. The molecular formula is C21H49N3O3Si. The molecule has 0 aromatic rings. The molecule has 28 heavy (non-hydrogen) atoms. The lowest BCUT2D eigenvalue weighted by molar-refractivity contribution is 0.0696. The van der Waals surface area contributed by atoms with E-state index in [0.29, 0.717) is 19.8 Å². The first kappa shape index (κ1) is 28.0. The minimum absolute atomic E-state index is 0.653. The number of likely N-dealkylation sites (N-methyl/N-ethyl adjacent to an activating group) is 2. The van der Waals surface area contributed by atoms with E-state index in [0.717, 1.165) is 71.4 Å². The largest absolute Gasteiger partial charge is 0.500 e. The summed E-state index contributed by atoms with van der Waals surface area (Å²) in [5.41, 5.74) is 0. The van der Waals surface area contributed by atoms with E-state index in [1.54, 1.807) is 0 Å². The third-order valence-corrected chi connectivity index (χ3v) is 8.46. The molecule has 0 saturated carbocycles. The Morgan fingerprint density at radius 3 is 1.18 bits per heavy atom. The van der Waals surface area contributed by atoms with Crippen molar-refractivity contribution in [2.75, 3.05) is 78.7 Å². The predicted molar refractivity (Wildman–Crippen MR) is 122 cm³/mol. The average Bonchev–Trinajstić information content (AvgIpc) is 2.69. The highest BCUT2D eigenvalue weighted by Gasteiger charge is 2.39. The zero-order chi connectivity index (χ0) is 21.3.